The van der Waals surface area contributed by atoms with E-state index in [4.69, 9.17) is 14.6 Å². The molecule has 102 valence electrons. The Labute approximate surface area is 109 Å². The first kappa shape index (κ1) is 14.8. The zero-order valence-electron chi connectivity index (χ0n) is 11.2. The van der Waals surface area contributed by atoms with Gasteiger partial charge in [-0.25, -0.2) is 0 Å². The summed E-state index contributed by atoms with van der Waals surface area (Å²) in [6.45, 7) is 6.81. The zero-order valence-corrected chi connectivity index (χ0v) is 11.2. The van der Waals surface area contributed by atoms with Gasteiger partial charge in [0.15, 0.2) is 11.5 Å². The van der Waals surface area contributed by atoms with Crippen molar-refractivity contribution in [1.29, 1.82) is 0 Å². The maximum Gasteiger partial charge on any atom is 0.161 e. The highest BCUT2D eigenvalue weighted by molar-refractivity contribution is 5.43. The first-order valence-corrected chi connectivity index (χ1v) is 6.51. The summed E-state index contributed by atoms with van der Waals surface area (Å²) in [6.07, 6.45) is 0.978. The highest BCUT2D eigenvalue weighted by atomic mass is 16.5. The van der Waals surface area contributed by atoms with Crippen LogP contribution in [0.15, 0.2) is 18.2 Å². The molecule has 0 atom stereocenters. The topological polar surface area (TPSA) is 50.7 Å². The first-order valence-electron chi connectivity index (χ1n) is 6.51. The van der Waals surface area contributed by atoms with Crippen LogP contribution in [-0.2, 0) is 6.54 Å². The largest absolute Gasteiger partial charge is 0.490 e. The molecule has 0 unspecified atom stereocenters. The van der Waals surface area contributed by atoms with Crippen molar-refractivity contribution < 1.29 is 14.6 Å². The lowest BCUT2D eigenvalue weighted by atomic mass is 10.2. The van der Waals surface area contributed by atoms with Gasteiger partial charge in [0.1, 0.15) is 0 Å². The molecule has 1 aromatic rings. The lowest BCUT2D eigenvalue weighted by molar-refractivity contribution is 0.276. The van der Waals surface area contributed by atoms with Gasteiger partial charge in [0.25, 0.3) is 0 Å². The standard InChI is InChI=1S/C14H23NO3/c1-3-9-18-13-6-5-12(11-15-7-8-16)10-14(13)17-4-2/h5-6,10,15-16H,3-4,7-9,11H2,1-2H3. The van der Waals surface area contributed by atoms with E-state index in [0.29, 0.717) is 26.3 Å². The van der Waals surface area contributed by atoms with Crippen molar-refractivity contribution in [2.24, 2.45) is 0 Å². The molecule has 2 N–H and O–H groups in total. The molecule has 0 radical (unpaired) electrons. The van der Waals surface area contributed by atoms with Crippen molar-refractivity contribution in [2.75, 3.05) is 26.4 Å². The van der Waals surface area contributed by atoms with E-state index >= 15 is 0 Å². The van der Waals surface area contributed by atoms with Gasteiger partial charge in [0.05, 0.1) is 19.8 Å². The van der Waals surface area contributed by atoms with E-state index in [1.165, 1.54) is 0 Å². The molecular weight excluding hydrogens is 230 g/mol. The Balaban J connectivity index is 2.68. The van der Waals surface area contributed by atoms with Crippen molar-refractivity contribution in [1.82, 2.24) is 5.32 Å². The molecular formula is C14H23NO3. The van der Waals surface area contributed by atoms with Crippen LogP contribution in [0, 0.1) is 0 Å². The maximum absolute atomic E-state index is 8.72. The third-order valence-corrected chi connectivity index (χ3v) is 2.39. The van der Waals surface area contributed by atoms with E-state index < -0.39 is 0 Å². The van der Waals surface area contributed by atoms with Gasteiger partial charge in [-0.1, -0.05) is 13.0 Å². The number of ether oxygens (including phenoxy) is 2. The fourth-order valence-electron chi connectivity index (χ4n) is 1.57. The van der Waals surface area contributed by atoms with E-state index in [1.54, 1.807) is 0 Å². The molecule has 0 aliphatic heterocycles. The van der Waals surface area contributed by atoms with E-state index in [2.05, 4.69) is 12.2 Å². The average Bonchev–Trinajstić information content (AvgIpc) is 2.38. The van der Waals surface area contributed by atoms with Crippen LogP contribution in [0.1, 0.15) is 25.8 Å². The predicted molar refractivity (Wildman–Crippen MR) is 72.2 cm³/mol. The van der Waals surface area contributed by atoms with Crippen LogP contribution in [0.2, 0.25) is 0 Å². The number of aliphatic hydroxyl groups excluding tert-OH is 1. The van der Waals surface area contributed by atoms with Crippen LogP contribution in [0.3, 0.4) is 0 Å². The van der Waals surface area contributed by atoms with Crippen LogP contribution in [0.25, 0.3) is 0 Å². The third-order valence-electron chi connectivity index (χ3n) is 2.39. The summed E-state index contributed by atoms with van der Waals surface area (Å²) >= 11 is 0. The summed E-state index contributed by atoms with van der Waals surface area (Å²) in [7, 11) is 0. The SMILES string of the molecule is CCCOc1ccc(CNCCO)cc1OCC. The van der Waals surface area contributed by atoms with Crippen molar-refractivity contribution in [3.05, 3.63) is 23.8 Å². The highest BCUT2D eigenvalue weighted by Gasteiger charge is 2.06. The minimum Gasteiger partial charge on any atom is -0.490 e. The Morgan fingerprint density at radius 2 is 2.00 bits per heavy atom. The molecule has 0 fully saturated rings. The monoisotopic (exact) mass is 253 g/mol. The summed E-state index contributed by atoms with van der Waals surface area (Å²) < 4.78 is 11.2. The molecule has 0 spiro atoms. The molecule has 0 amide bonds. The molecule has 0 heterocycles. The number of hydrogen-bond acceptors (Lipinski definition) is 4. The molecule has 1 rings (SSSR count). The maximum atomic E-state index is 8.72. The predicted octanol–water partition coefficient (Wildman–Crippen LogP) is 1.96. The van der Waals surface area contributed by atoms with E-state index in [1.807, 2.05) is 25.1 Å². The number of aliphatic hydroxyl groups is 1. The average molecular weight is 253 g/mol. The summed E-state index contributed by atoms with van der Waals surface area (Å²) in [6, 6.07) is 5.94. The zero-order chi connectivity index (χ0) is 13.2. The second kappa shape index (κ2) is 8.78. The number of hydrogen-bond donors (Lipinski definition) is 2. The van der Waals surface area contributed by atoms with Gasteiger partial charge in [-0.15, -0.1) is 0 Å². The molecule has 0 bridgehead atoms. The van der Waals surface area contributed by atoms with Gasteiger partial charge < -0.3 is 19.9 Å². The number of benzene rings is 1. The van der Waals surface area contributed by atoms with E-state index in [-0.39, 0.29) is 6.61 Å². The van der Waals surface area contributed by atoms with Gasteiger partial charge in [0.2, 0.25) is 0 Å². The Hall–Kier alpha value is -1.26. The molecule has 4 heteroatoms. The third kappa shape index (κ3) is 4.94. The van der Waals surface area contributed by atoms with Gasteiger partial charge in [-0.3, -0.25) is 0 Å². The summed E-state index contributed by atoms with van der Waals surface area (Å²) in [5.41, 5.74) is 1.12. The van der Waals surface area contributed by atoms with Gasteiger partial charge in [-0.05, 0) is 31.0 Å². The Bertz CT molecular complexity index is 342. The van der Waals surface area contributed by atoms with Gasteiger partial charge in [-0.2, -0.15) is 0 Å². The van der Waals surface area contributed by atoms with E-state index in [0.717, 1.165) is 23.5 Å². The lowest BCUT2D eigenvalue weighted by Gasteiger charge is -2.13. The molecule has 0 aliphatic rings. The molecule has 18 heavy (non-hydrogen) atoms. The van der Waals surface area contributed by atoms with Crippen LogP contribution < -0.4 is 14.8 Å². The number of nitrogens with one attached hydrogen (secondary N) is 1. The highest BCUT2D eigenvalue weighted by Crippen LogP contribution is 2.28. The minimum absolute atomic E-state index is 0.149. The van der Waals surface area contributed by atoms with Crippen molar-refractivity contribution in [3.63, 3.8) is 0 Å². The molecule has 0 aromatic heterocycles. The molecule has 0 saturated carbocycles. The summed E-state index contributed by atoms with van der Waals surface area (Å²) in [4.78, 5) is 0. The van der Waals surface area contributed by atoms with Crippen LogP contribution >= 0.6 is 0 Å². The van der Waals surface area contributed by atoms with Crippen LogP contribution in [-0.4, -0.2) is 31.5 Å². The van der Waals surface area contributed by atoms with Crippen LogP contribution in [0.4, 0.5) is 0 Å². The normalized spacial score (nSPS) is 10.4. The lowest BCUT2D eigenvalue weighted by Crippen LogP contribution is -2.17. The van der Waals surface area contributed by atoms with Crippen molar-refractivity contribution in [2.45, 2.75) is 26.8 Å². The van der Waals surface area contributed by atoms with Gasteiger partial charge >= 0.3 is 0 Å². The molecule has 1 aromatic carbocycles. The van der Waals surface area contributed by atoms with Crippen molar-refractivity contribution in [3.8, 4) is 11.5 Å². The smallest absolute Gasteiger partial charge is 0.161 e. The Morgan fingerprint density at radius 1 is 1.17 bits per heavy atom. The molecule has 0 aliphatic carbocycles. The fraction of sp³-hybridized carbons (Fsp3) is 0.571. The molecule has 0 saturated heterocycles. The first-order chi connectivity index (χ1) is 8.81. The minimum atomic E-state index is 0.149. The molecule has 4 nitrogen and oxygen atoms in total. The Morgan fingerprint density at radius 3 is 2.67 bits per heavy atom. The van der Waals surface area contributed by atoms with Crippen molar-refractivity contribution >= 4 is 0 Å². The second-order valence-electron chi connectivity index (χ2n) is 3.96. The number of rotatable bonds is 9. The van der Waals surface area contributed by atoms with E-state index in [9.17, 15) is 0 Å². The fourth-order valence-corrected chi connectivity index (χ4v) is 1.57. The summed E-state index contributed by atoms with van der Waals surface area (Å²) in [5.74, 6) is 1.58. The van der Waals surface area contributed by atoms with Crippen LogP contribution in [0.5, 0.6) is 11.5 Å². The summed E-state index contributed by atoms with van der Waals surface area (Å²) in [5, 5.41) is 11.9. The quantitative estimate of drug-likeness (QED) is 0.661. The second-order valence-corrected chi connectivity index (χ2v) is 3.96. The Kier molecular flexibility index (Phi) is 7.22. The van der Waals surface area contributed by atoms with Gasteiger partial charge in [0, 0.05) is 13.1 Å².